The number of benzene rings is 2. The van der Waals surface area contributed by atoms with Crippen LogP contribution >= 0.6 is 0 Å². The van der Waals surface area contributed by atoms with Crippen LogP contribution in [0.3, 0.4) is 0 Å². The maximum Gasteiger partial charge on any atom is 0.247 e. The van der Waals surface area contributed by atoms with Crippen molar-refractivity contribution in [2.24, 2.45) is 0 Å². The van der Waals surface area contributed by atoms with Crippen molar-refractivity contribution in [1.82, 2.24) is 10.2 Å². The van der Waals surface area contributed by atoms with Crippen molar-refractivity contribution in [3.63, 3.8) is 0 Å². The van der Waals surface area contributed by atoms with E-state index in [1.807, 2.05) is 30.3 Å². The molecule has 1 aliphatic heterocycles. The van der Waals surface area contributed by atoms with Gasteiger partial charge in [0.15, 0.2) is 0 Å². The van der Waals surface area contributed by atoms with E-state index in [9.17, 15) is 0 Å². The Hall–Kier alpha value is -2.66. The molecule has 0 radical (unpaired) electrons. The molecule has 26 heavy (non-hydrogen) atoms. The number of methoxy groups -OCH3 is 1. The van der Waals surface area contributed by atoms with Gasteiger partial charge in [-0.15, -0.1) is 10.2 Å². The van der Waals surface area contributed by atoms with Crippen LogP contribution in [0.2, 0.25) is 0 Å². The summed E-state index contributed by atoms with van der Waals surface area (Å²) in [6.45, 7) is 3.36. The van der Waals surface area contributed by atoms with Crippen LogP contribution in [-0.4, -0.2) is 30.5 Å². The average Bonchev–Trinajstić information content (AvgIpc) is 3.19. The lowest BCUT2D eigenvalue weighted by Gasteiger charge is -2.35. The van der Waals surface area contributed by atoms with Crippen molar-refractivity contribution in [3.05, 3.63) is 65.5 Å². The molecule has 134 valence electrons. The molecule has 0 bridgehead atoms. The maximum absolute atomic E-state index is 6.19. The summed E-state index contributed by atoms with van der Waals surface area (Å²) in [7, 11) is 1.69. The molecule has 3 aromatic rings. The first kappa shape index (κ1) is 16.8. The quantitative estimate of drug-likeness (QED) is 0.707. The van der Waals surface area contributed by atoms with Crippen LogP contribution in [0.5, 0.6) is 5.75 Å². The number of aromatic nitrogens is 2. The fraction of sp³-hybridized carbons (Fsp3) is 0.333. The molecule has 1 saturated heterocycles. The van der Waals surface area contributed by atoms with E-state index in [0.29, 0.717) is 25.0 Å². The normalized spacial score (nSPS) is 16.4. The average molecular weight is 350 g/mol. The number of hydrogen-bond donors (Lipinski definition) is 0. The molecule has 0 saturated carbocycles. The molecule has 5 nitrogen and oxygen atoms in total. The van der Waals surface area contributed by atoms with E-state index >= 15 is 0 Å². The number of nitrogens with zero attached hydrogens (tertiary/aromatic N) is 2. The fourth-order valence-electron chi connectivity index (χ4n) is 3.67. The van der Waals surface area contributed by atoms with Gasteiger partial charge in [0, 0.05) is 24.3 Å². The summed E-state index contributed by atoms with van der Waals surface area (Å²) >= 11 is 0. The SMILES string of the molecule is COc1ccccc1C1(c2nnc(-c3cccc(C)c3)o2)CCOCC1. The molecule has 0 N–H and O–H groups in total. The van der Waals surface area contributed by atoms with Crippen molar-refractivity contribution in [2.75, 3.05) is 20.3 Å². The van der Waals surface area contributed by atoms with E-state index in [1.54, 1.807) is 7.11 Å². The molecular weight excluding hydrogens is 328 g/mol. The highest BCUT2D eigenvalue weighted by Crippen LogP contribution is 2.44. The van der Waals surface area contributed by atoms with E-state index < -0.39 is 0 Å². The Morgan fingerprint density at radius 2 is 1.81 bits per heavy atom. The van der Waals surface area contributed by atoms with E-state index in [4.69, 9.17) is 13.9 Å². The molecule has 0 spiro atoms. The van der Waals surface area contributed by atoms with Gasteiger partial charge < -0.3 is 13.9 Å². The first-order valence-electron chi connectivity index (χ1n) is 8.85. The van der Waals surface area contributed by atoms with Crippen LogP contribution < -0.4 is 4.74 Å². The van der Waals surface area contributed by atoms with Gasteiger partial charge in [-0.05, 0) is 38.0 Å². The van der Waals surface area contributed by atoms with Crippen molar-refractivity contribution < 1.29 is 13.9 Å². The predicted molar refractivity (Wildman–Crippen MR) is 98.3 cm³/mol. The van der Waals surface area contributed by atoms with Crippen LogP contribution in [0.1, 0.15) is 29.9 Å². The molecule has 0 atom stereocenters. The number of para-hydroxylation sites is 1. The lowest BCUT2D eigenvalue weighted by molar-refractivity contribution is 0.0538. The predicted octanol–water partition coefficient (Wildman–Crippen LogP) is 4.15. The molecule has 0 unspecified atom stereocenters. The third-order valence-electron chi connectivity index (χ3n) is 5.07. The molecule has 2 heterocycles. The summed E-state index contributed by atoms with van der Waals surface area (Å²) in [5, 5.41) is 8.77. The Kier molecular flexibility index (Phi) is 4.47. The standard InChI is InChI=1S/C21H22N2O3/c1-15-6-5-7-16(14-15)19-22-23-20(26-19)21(10-12-25-13-11-21)17-8-3-4-9-18(17)24-2/h3-9,14H,10-13H2,1-2H3. The second-order valence-corrected chi connectivity index (χ2v) is 6.68. The summed E-state index contributed by atoms with van der Waals surface area (Å²) in [6, 6.07) is 16.1. The Labute approximate surface area is 153 Å². The van der Waals surface area contributed by atoms with E-state index in [1.165, 1.54) is 0 Å². The molecule has 0 amide bonds. The zero-order chi connectivity index (χ0) is 18.0. The summed E-state index contributed by atoms with van der Waals surface area (Å²) in [6.07, 6.45) is 1.56. The Bertz CT molecular complexity index is 898. The summed E-state index contributed by atoms with van der Waals surface area (Å²) in [4.78, 5) is 0. The van der Waals surface area contributed by atoms with E-state index in [0.717, 1.165) is 35.3 Å². The first-order valence-corrected chi connectivity index (χ1v) is 8.85. The van der Waals surface area contributed by atoms with Crippen molar-refractivity contribution >= 4 is 0 Å². The third-order valence-corrected chi connectivity index (χ3v) is 5.07. The van der Waals surface area contributed by atoms with Gasteiger partial charge >= 0.3 is 0 Å². The van der Waals surface area contributed by atoms with Crippen LogP contribution in [-0.2, 0) is 10.2 Å². The summed E-state index contributed by atoms with van der Waals surface area (Å²) in [5.74, 6) is 2.01. The minimum Gasteiger partial charge on any atom is -0.496 e. The smallest absolute Gasteiger partial charge is 0.247 e. The Balaban J connectivity index is 1.81. The number of ether oxygens (including phenoxy) is 2. The van der Waals surface area contributed by atoms with Gasteiger partial charge in [-0.2, -0.15) is 0 Å². The van der Waals surface area contributed by atoms with E-state index in [2.05, 4.69) is 35.3 Å². The van der Waals surface area contributed by atoms with Gasteiger partial charge in [-0.1, -0.05) is 35.9 Å². The molecule has 1 aliphatic rings. The highest BCUT2D eigenvalue weighted by molar-refractivity contribution is 5.54. The minimum absolute atomic E-state index is 0.389. The molecular formula is C21H22N2O3. The lowest BCUT2D eigenvalue weighted by Crippen LogP contribution is -2.35. The molecule has 1 aromatic heterocycles. The zero-order valence-corrected chi connectivity index (χ0v) is 15.1. The van der Waals surface area contributed by atoms with Gasteiger partial charge in [0.1, 0.15) is 5.75 Å². The third kappa shape index (κ3) is 2.88. The van der Waals surface area contributed by atoms with Crippen molar-refractivity contribution in [1.29, 1.82) is 0 Å². The molecule has 5 heteroatoms. The van der Waals surface area contributed by atoms with Crippen molar-refractivity contribution in [2.45, 2.75) is 25.2 Å². The van der Waals surface area contributed by atoms with Gasteiger partial charge in [-0.25, -0.2) is 0 Å². The second-order valence-electron chi connectivity index (χ2n) is 6.68. The highest BCUT2D eigenvalue weighted by atomic mass is 16.5. The summed E-state index contributed by atoms with van der Waals surface area (Å²) in [5.41, 5.74) is 2.78. The number of rotatable bonds is 4. The van der Waals surface area contributed by atoms with Crippen LogP contribution in [0.4, 0.5) is 0 Å². The number of hydrogen-bond acceptors (Lipinski definition) is 5. The Morgan fingerprint density at radius 1 is 1.00 bits per heavy atom. The van der Waals surface area contributed by atoms with E-state index in [-0.39, 0.29) is 5.41 Å². The molecule has 4 rings (SSSR count). The first-order chi connectivity index (χ1) is 12.7. The topological polar surface area (TPSA) is 57.4 Å². The summed E-state index contributed by atoms with van der Waals surface area (Å²) < 4.78 is 17.4. The van der Waals surface area contributed by atoms with Crippen molar-refractivity contribution in [3.8, 4) is 17.2 Å². The maximum atomic E-state index is 6.19. The van der Waals surface area contributed by atoms with Crippen LogP contribution in [0.15, 0.2) is 52.9 Å². The number of aryl methyl sites for hydroxylation is 1. The van der Waals surface area contributed by atoms with Gasteiger partial charge in [0.05, 0.1) is 12.5 Å². The van der Waals surface area contributed by atoms with Gasteiger partial charge in [0.25, 0.3) is 0 Å². The Morgan fingerprint density at radius 3 is 2.58 bits per heavy atom. The molecule has 1 fully saturated rings. The molecule has 0 aliphatic carbocycles. The minimum atomic E-state index is -0.389. The van der Waals surface area contributed by atoms with Crippen LogP contribution in [0.25, 0.3) is 11.5 Å². The van der Waals surface area contributed by atoms with Gasteiger partial charge in [-0.3, -0.25) is 0 Å². The van der Waals surface area contributed by atoms with Gasteiger partial charge in [0.2, 0.25) is 11.8 Å². The second kappa shape index (κ2) is 6.92. The zero-order valence-electron chi connectivity index (χ0n) is 15.1. The fourth-order valence-corrected chi connectivity index (χ4v) is 3.67. The lowest BCUT2D eigenvalue weighted by atomic mass is 9.73. The molecule has 2 aromatic carbocycles. The largest absolute Gasteiger partial charge is 0.496 e. The van der Waals surface area contributed by atoms with Crippen LogP contribution in [0, 0.1) is 6.92 Å². The monoisotopic (exact) mass is 350 g/mol. The highest BCUT2D eigenvalue weighted by Gasteiger charge is 2.43.